The van der Waals surface area contributed by atoms with Crippen LogP contribution in [0.25, 0.3) is 33.1 Å². The molecule has 3 aromatic carbocycles. The van der Waals surface area contributed by atoms with Crippen LogP contribution in [0.5, 0.6) is 11.8 Å². The summed E-state index contributed by atoms with van der Waals surface area (Å²) in [7, 11) is 1.29. The van der Waals surface area contributed by atoms with Gasteiger partial charge in [0, 0.05) is 25.8 Å². The van der Waals surface area contributed by atoms with Crippen LogP contribution in [0.15, 0.2) is 111 Å². The molecule has 2 amide bonds. The van der Waals surface area contributed by atoms with E-state index in [4.69, 9.17) is 35.7 Å². The van der Waals surface area contributed by atoms with Gasteiger partial charge in [0.2, 0.25) is 11.8 Å². The number of alkyl halides is 6. The van der Waals surface area contributed by atoms with Crippen molar-refractivity contribution in [1.29, 1.82) is 0 Å². The largest absolute Gasteiger partial charge is 1.00 e. The molecule has 0 unspecified atom stereocenters. The van der Waals surface area contributed by atoms with E-state index in [-0.39, 0.29) is 96.9 Å². The number of fused-ring (bicyclic) bond motifs is 3. The molecule has 3 aliphatic rings. The van der Waals surface area contributed by atoms with Crippen molar-refractivity contribution in [2.24, 2.45) is 0 Å². The summed E-state index contributed by atoms with van der Waals surface area (Å²) < 4.78 is 110. The number of aliphatic hydroxyl groups is 1. The van der Waals surface area contributed by atoms with Gasteiger partial charge in [-0.3, -0.25) is 14.6 Å². The molecule has 0 spiro atoms. The van der Waals surface area contributed by atoms with E-state index in [1.807, 2.05) is 0 Å². The zero-order valence-corrected chi connectivity index (χ0v) is 58.7. The molecule has 0 bridgehead atoms. The molecule has 0 radical (unpaired) electrons. The average Bonchev–Trinajstić information content (AvgIpc) is 0.983. The van der Waals surface area contributed by atoms with Crippen molar-refractivity contribution in [3.05, 3.63) is 133 Å². The molecule has 3 saturated heterocycles. The molecule has 6 aromatic rings. The Labute approximate surface area is 589 Å². The summed E-state index contributed by atoms with van der Waals surface area (Å²) in [6.45, 7) is 24.5. The fourth-order valence-corrected chi connectivity index (χ4v) is 8.95. The van der Waals surface area contributed by atoms with Crippen LogP contribution in [-0.4, -0.2) is 165 Å². The van der Waals surface area contributed by atoms with Gasteiger partial charge in [0.05, 0.1) is 59.4 Å². The van der Waals surface area contributed by atoms with E-state index in [2.05, 4.69) is 59.7 Å². The predicted molar refractivity (Wildman–Crippen MR) is 341 cm³/mol. The van der Waals surface area contributed by atoms with Crippen molar-refractivity contribution in [2.75, 3.05) is 26.7 Å². The molecule has 23 nitrogen and oxygen atoms in total. The molecule has 9 rings (SSSR count). The summed E-state index contributed by atoms with van der Waals surface area (Å²) in [5.41, 5.74) is -1.93. The van der Waals surface area contributed by atoms with E-state index < -0.39 is 124 Å². The maximum Gasteiger partial charge on any atom is 1.00 e. The minimum atomic E-state index is -3.53. The van der Waals surface area contributed by atoms with Gasteiger partial charge in [0.25, 0.3) is 0 Å². The summed E-state index contributed by atoms with van der Waals surface area (Å²) in [4.78, 5) is 84.3. The first-order valence-electron chi connectivity index (χ1n) is 28.6. The van der Waals surface area contributed by atoms with Gasteiger partial charge in [-0.05, 0) is 96.2 Å². The second-order valence-corrected chi connectivity index (χ2v) is 24.3. The van der Waals surface area contributed by atoms with Crippen LogP contribution in [0, 0.1) is 0 Å². The molecule has 33 heteroatoms. The standard InChI is InChI=1S/C21H23F2N3O5.C17H17F2N3O3.C11H7ClF2N2.C10H17NO5.C4H9O.2ClH.Na/c1-5-21(22,23)16-17(25-14-9-7-6-8-13(14)24-16)30-12-10-15(18(27)28)26(11-12)19(29)31-20(2,3)4;1-3-17(18,19)14-15(22-12-7-5-4-6-11(12)21-14)25-10-8-13(20-9-10)16(23)24-2;1-2-11(13,14)9-10(12)16-8-6-4-3-5-7(8)15-9;1-10(2,3)16-9(15)11-5-6(12)4-7(11)8(13)14;1-4(2,3)5;;;/h5-9,12,15H,1,10-11H2,2-4H3,(H,27,28);3-7,10,13,20H,1,8-9H2,2H3;2-6H,1H2;6-7,12H,4-5H2,1-3H3,(H,13,14);1-3H3;2*1H;/q;;;;-1;;;+1/t12-,15+;10-,13+;;6-,7+;;;;/m11.1..../s1. The van der Waals surface area contributed by atoms with Crippen molar-refractivity contribution in [3.63, 3.8) is 0 Å². The van der Waals surface area contributed by atoms with Gasteiger partial charge in [-0.2, -0.15) is 26.3 Å². The summed E-state index contributed by atoms with van der Waals surface area (Å²) in [5.74, 6) is -13.7. The number of esters is 1. The quantitative estimate of drug-likeness (QED) is 0.0280. The molecule has 3 fully saturated rings. The first-order valence-corrected chi connectivity index (χ1v) is 29.0. The molecule has 96 heavy (non-hydrogen) atoms. The number of aliphatic hydroxyl groups excluding tert-OH is 1. The number of amides is 2. The Bertz CT molecular complexity index is 3700. The Morgan fingerprint density at radius 1 is 0.573 bits per heavy atom. The van der Waals surface area contributed by atoms with Crippen molar-refractivity contribution < 1.29 is 124 Å². The number of β-amino-alcohol motifs (C(OH)–C–C–N with tert-alkyl or cyclic N) is 1. The number of hydrogen-bond donors (Lipinski definition) is 4. The number of carbonyl (C=O) groups is 5. The van der Waals surface area contributed by atoms with Crippen LogP contribution in [-0.2, 0) is 46.4 Å². The van der Waals surface area contributed by atoms with Gasteiger partial charge < -0.3 is 49.4 Å². The van der Waals surface area contributed by atoms with Crippen molar-refractivity contribution in [1.82, 2.24) is 45.0 Å². The van der Waals surface area contributed by atoms with Crippen LogP contribution in [0.4, 0.5) is 35.9 Å². The molecule has 0 saturated carbocycles. The Balaban J connectivity index is 0.000000435. The fraction of sp³-hybridized carbons (Fsp3) is 0.444. The van der Waals surface area contributed by atoms with Gasteiger partial charge in [0.15, 0.2) is 22.2 Å². The van der Waals surface area contributed by atoms with E-state index in [0.717, 1.165) is 9.80 Å². The number of para-hydroxylation sites is 6. The number of nitrogens with zero attached hydrogens (tertiary/aromatic N) is 8. The van der Waals surface area contributed by atoms with Gasteiger partial charge >= 0.3 is 77.4 Å². The monoisotopic (exact) mass is 1420 g/mol. The third-order valence-corrected chi connectivity index (χ3v) is 13.1. The van der Waals surface area contributed by atoms with Crippen molar-refractivity contribution >= 4 is 99.6 Å². The third-order valence-electron chi connectivity index (χ3n) is 12.8. The number of allylic oxidation sites excluding steroid dienone is 3. The van der Waals surface area contributed by atoms with E-state index >= 15 is 0 Å². The summed E-state index contributed by atoms with van der Waals surface area (Å²) >= 11 is 5.67. The van der Waals surface area contributed by atoms with Crippen LogP contribution >= 0.6 is 36.4 Å². The zero-order chi connectivity index (χ0) is 69.8. The maximum absolute atomic E-state index is 14.5. The van der Waals surface area contributed by atoms with Crippen molar-refractivity contribution in [2.45, 2.75) is 153 Å². The topological polar surface area (TPSA) is 311 Å². The van der Waals surface area contributed by atoms with Crippen LogP contribution in [0.2, 0.25) is 5.15 Å². The molecular weight excluding hydrogens is 1350 g/mol. The number of benzene rings is 3. The summed E-state index contributed by atoms with van der Waals surface area (Å²) in [5, 5.41) is 40.5. The number of carboxylic acids is 2. The smallest absolute Gasteiger partial charge is 0.850 e. The zero-order valence-electron chi connectivity index (χ0n) is 54.4. The summed E-state index contributed by atoms with van der Waals surface area (Å²) in [6.07, 6.45) is -2.07. The minimum Gasteiger partial charge on any atom is -0.850 e. The van der Waals surface area contributed by atoms with E-state index in [1.165, 1.54) is 13.2 Å². The number of carboxylic acid groups (broad SMARTS) is 2. The maximum atomic E-state index is 14.5. The number of rotatable bonds is 13. The number of nitrogens with one attached hydrogen (secondary N) is 1. The van der Waals surface area contributed by atoms with Crippen LogP contribution in [0.3, 0.4) is 0 Å². The van der Waals surface area contributed by atoms with Gasteiger partial charge in [-0.15, -0.1) is 30.4 Å². The fourth-order valence-electron chi connectivity index (χ4n) is 8.69. The van der Waals surface area contributed by atoms with E-state index in [1.54, 1.807) is 129 Å². The number of halogens is 9. The molecule has 4 N–H and O–H groups in total. The molecule has 3 aliphatic heterocycles. The van der Waals surface area contributed by atoms with Gasteiger partial charge in [-0.1, -0.05) is 88.5 Å². The first kappa shape index (κ1) is 84.9. The summed E-state index contributed by atoms with van der Waals surface area (Å²) in [6, 6.07) is 17.0. The Morgan fingerprint density at radius 2 is 0.906 bits per heavy atom. The van der Waals surface area contributed by atoms with Gasteiger partial charge in [-0.25, -0.2) is 49.1 Å². The molecule has 520 valence electrons. The molecular formula is C63H75Cl3F6N9NaO14. The number of likely N-dealkylation sites (tertiary alicyclic amines) is 2. The number of hydrogen-bond acceptors (Lipinski definition) is 19. The normalized spacial score (nSPS) is 18.4. The number of methoxy groups -OCH3 is 1. The van der Waals surface area contributed by atoms with E-state index in [9.17, 15) is 65.6 Å². The SMILES string of the molecule is C=CC(F)(F)c1nc2ccccc2nc1Cl.C=CC(F)(F)c1nc2ccccc2nc1O[C@@H]1C[C@@H](C(=O)O)N(C(=O)OC(C)(C)C)C1.C=CC(F)(F)c1nc2ccccc2nc1O[C@H]1CN[C@H](C(=O)OC)C1.CC(C)(C)OC(=O)N1C[C@H](O)C[C@H]1C(=O)O.CC(C)(C)[O-].Cl.Cl.[Na+]. The van der Waals surface area contributed by atoms with E-state index in [0.29, 0.717) is 58.8 Å². The number of aliphatic carboxylic acids is 2. The van der Waals surface area contributed by atoms with Crippen molar-refractivity contribution in [3.8, 4) is 11.8 Å². The van der Waals surface area contributed by atoms with Gasteiger partial charge in [0.1, 0.15) is 41.5 Å². The predicted octanol–water partition coefficient (Wildman–Crippen LogP) is 7.93. The van der Waals surface area contributed by atoms with Crippen LogP contribution in [0.1, 0.15) is 98.7 Å². The molecule has 6 atom stereocenters. The van der Waals surface area contributed by atoms with Crippen LogP contribution < -0.4 is 49.5 Å². The average molecular weight is 1430 g/mol. The number of aromatic nitrogens is 6. The second-order valence-electron chi connectivity index (χ2n) is 24.0. The molecule has 6 heterocycles. The molecule has 0 aliphatic carbocycles. The molecule has 3 aromatic heterocycles. The minimum absolute atomic E-state index is 0. The number of ether oxygens (including phenoxy) is 5. The first-order chi connectivity index (χ1) is 43.1. The second kappa shape index (κ2) is 35.3. The Hall–Kier alpha value is -7.22. The Morgan fingerprint density at radius 3 is 1.27 bits per heavy atom. The number of carbonyl (C=O) groups excluding carboxylic acids is 3. The third kappa shape index (κ3) is 24.4. The Kier molecular flexibility index (Phi) is 31.2.